The SMILES string of the molecule is CC(C)NC(=O)c1ccc2cc(-c3ccc(Oc4ccc(-c5cc6ccc(C(=O)NC(C)C)cc6[nH]5)cn4)cc3)[nH]c2c1. The third-order valence-corrected chi connectivity index (χ3v) is 7.04. The number of hydrogen-bond donors (Lipinski definition) is 4. The lowest BCUT2D eigenvalue weighted by Gasteiger charge is -2.08. The molecule has 0 atom stereocenters. The zero-order valence-corrected chi connectivity index (χ0v) is 24.5. The summed E-state index contributed by atoms with van der Waals surface area (Å²) in [5.74, 6) is 0.981. The van der Waals surface area contributed by atoms with Crippen molar-refractivity contribution in [3.05, 3.63) is 102 Å². The molecule has 6 aromatic rings. The predicted octanol–water partition coefficient (Wildman–Crippen LogP) is 7.45. The Morgan fingerprint density at radius 1 is 0.651 bits per heavy atom. The molecule has 0 unspecified atom stereocenters. The van der Waals surface area contributed by atoms with Crippen molar-refractivity contribution in [1.82, 2.24) is 25.6 Å². The van der Waals surface area contributed by atoms with Crippen LogP contribution in [-0.4, -0.2) is 38.8 Å². The van der Waals surface area contributed by atoms with Gasteiger partial charge in [-0.25, -0.2) is 4.98 Å². The molecule has 3 heterocycles. The molecule has 8 nitrogen and oxygen atoms in total. The van der Waals surface area contributed by atoms with Crippen LogP contribution in [-0.2, 0) is 0 Å². The van der Waals surface area contributed by atoms with E-state index in [1.807, 2.05) is 107 Å². The lowest BCUT2D eigenvalue weighted by atomic mass is 10.1. The van der Waals surface area contributed by atoms with Crippen molar-refractivity contribution in [3.8, 4) is 34.1 Å². The quantitative estimate of drug-likeness (QED) is 0.152. The van der Waals surface area contributed by atoms with Gasteiger partial charge < -0.3 is 25.3 Å². The van der Waals surface area contributed by atoms with Gasteiger partial charge in [-0.15, -0.1) is 0 Å². The number of nitrogens with zero attached hydrogens (tertiary/aromatic N) is 1. The lowest BCUT2D eigenvalue weighted by Crippen LogP contribution is -2.29. The maximum Gasteiger partial charge on any atom is 0.251 e. The predicted molar refractivity (Wildman–Crippen MR) is 171 cm³/mol. The molecule has 0 aliphatic rings. The van der Waals surface area contributed by atoms with Gasteiger partial charge in [0.1, 0.15) is 5.75 Å². The fourth-order valence-corrected chi connectivity index (χ4v) is 4.96. The summed E-state index contributed by atoms with van der Waals surface area (Å²) in [5, 5.41) is 7.91. The Bertz CT molecular complexity index is 1790. The Balaban J connectivity index is 1.13. The molecular formula is C35H33N5O3. The van der Waals surface area contributed by atoms with Crippen LogP contribution in [0.25, 0.3) is 44.3 Å². The Morgan fingerprint density at radius 3 is 1.65 bits per heavy atom. The average Bonchev–Trinajstić information content (AvgIpc) is 3.61. The minimum Gasteiger partial charge on any atom is -0.439 e. The number of pyridine rings is 1. The lowest BCUT2D eigenvalue weighted by molar-refractivity contribution is 0.0934. The summed E-state index contributed by atoms with van der Waals surface area (Å²) in [6.07, 6.45) is 1.76. The van der Waals surface area contributed by atoms with Crippen molar-refractivity contribution >= 4 is 33.6 Å². The summed E-state index contributed by atoms with van der Waals surface area (Å²) < 4.78 is 6.00. The number of carbonyl (C=O) groups is 2. The second kappa shape index (κ2) is 11.5. The highest BCUT2D eigenvalue weighted by Crippen LogP contribution is 2.29. The monoisotopic (exact) mass is 571 g/mol. The number of nitrogens with one attached hydrogen (secondary N) is 4. The molecule has 216 valence electrons. The molecule has 3 aromatic heterocycles. The van der Waals surface area contributed by atoms with Gasteiger partial charge in [-0.2, -0.15) is 0 Å². The van der Waals surface area contributed by atoms with Gasteiger partial charge >= 0.3 is 0 Å². The molecule has 0 radical (unpaired) electrons. The molecule has 6 rings (SSSR count). The van der Waals surface area contributed by atoms with Gasteiger partial charge in [-0.1, -0.05) is 12.1 Å². The number of aromatic nitrogens is 3. The van der Waals surface area contributed by atoms with Crippen molar-refractivity contribution in [1.29, 1.82) is 0 Å². The van der Waals surface area contributed by atoms with Crippen molar-refractivity contribution in [3.63, 3.8) is 0 Å². The highest BCUT2D eigenvalue weighted by atomic mass is 16.5. The van der Waals surface area contributed by atoms with Gasteiger partial charge in [-0.3, -0.25) is 9.59 Å². The van der Waals surface area contributed by atoms with Crippen molar-refractivity contribution in [2.24, 2.45) is 0 Å². The molecule has 0 fully saturated rings. The van der Waals surface area contributed by atoms with Crippen LogP contribution < -0.4 is 15.4 Å². The Hall–Kier alpha value is -5.37. The van der Waals surface area contributed by atoms with Crippen LogP contribution in [0.4, 0.5) is 0 Å². The molecule has 0 aliphatic heterocycles. The van der Waals surface area contributed by atoms with Gasteiger partial charge in [0.25, 0.3) is 11.8 Å². The van der Waals surface area contributed by atoms with Crippen LogP contribution in [0, 0.1) is 0 Å². The summed E-state index contributed by atoms with van der Waals surface area (Å²) in [6.45, 7) is 7.77. The molecule has 0 spiro atoms. The topological polar surface area (TPSA) is 112 Å². The minimum atomic E-state index is -0.0906. The Kier molecular flexibility index (Phi) is 7.42. The maximum absolute atomic E-state index is 12.4. The standard InChI is InChI=1S/C35H33N5O3/c1-20(2)37-34(41)25-7-5-23-15-29(39-30(23)17-25)22-9-12-28(13-10-22)43-33-14-11-27(19-36-33)32-16-24-6-8-26(18-31(24)40-32)35(42)38-21(3)4/h5-21,39-40H,1-4H3,(H,37,41)(H,38,42). The number of hydrogen-bond acceptors (Lipinski definition) is 4. The van der Waals surface area contributed by atoms with Crippen LogP contribution in [0.15, 0.2) is 91.1 Å². The minimum absolute atomic E-state index is 0.0758. The normalized spacial score (nSPS) is 11.4. The zero-order valence-electron chi connectivity index (χ0n) is 24.5. The number of ether oxygens (including phenoxy) is 1. The van der Waals surface area contributed by atoms with E-state index in [1.165, 1.54) is 0 Å². The number of H-pyrrole nitrogens is 2. The first kappa shape index (κ1) is 27.8. The van der Waals surface area contributed by atoms with E-state index >= 15 is 0 Å². The van der Waals surface area contributed by atoms with Crippen LogP contribution in [0.1, 0.15) is 48.4 Å². The van der Waals surface area contributed by atoms with Crippen LogP contribution in [0.3, 0.4) is 0 Å². The number of aromatic amines is 2. The van der Waals surface area contributed by atoms with Gasteiger partial charge in [-0.05, 0) is 100.0 Å². The van der Waals surface area contributed by atoms with E-state index in [2.05, 4.69) is 31.7 Å². The number of carbonyl (C=O) groups excluding carboxylic acids is 2. The number of benzene rings is 3. The second-order valence-electron chi connectivity index (χ2n) is 11.2. The van der Waals surface area contributed by atoms with Crippen molar-refractivity contribution in [2.45, 2.75) is 39.8 Å². The zero-order chi connectivity index (χ0) is 30.1. The fraction of sp³-hybridized carbons (Fsp3) is 0.171. The number of amides is 2. The van der Waals surface area contributed by atoms with E-state index in [0.717, 1.165) is 44.3 Å². The highest BCUT2D eigenvalue weighted by Gasteiger charge is 2.12. The molecule has 0 saturated carbocycles. The highest BCUT2D eigenvalue weighted by molar-refractivity contribution is 6.00. The first-order valence-corrected chi connectivity index (χ1v) is 14.3. The van der Waals surface area contributed by atoms with Gasteiger partial charge in [0, 0.05) is 74.2 Å². The molecule has 0 aliphatic carbocycles. The van der Waals surface area contributed by atoms with Crippen LogP contribution >= 0.6 is 0 Å². The molecule has 2 amide bonds. The number of rotatable bonds is 8. The van der Waals surface area contributed by atoms with Crippen molar-refractivity contribution in [2.75, 3.05) is 0 Å². The van der Waals surface area contributed by atoms with E-state index in [9.17, 15) is 9.59 Å². The third kappa shape index (κ3) is 6.13. The molecule has 8 heteroatoms. The largest absolute Gasteiger partial charge is 0.439 e. The summed E-state index contributed by atoms with van der Waals surface area (Å²) in [5.41, 5.74) is 6.82. The first-order valence-electron chi connectivity index (χ1n) is 14.3. The molecule has 4 N–H and O–H groups in total. The third-order valence-electron chi connectivity index (χ3n) is 7.04. The average molecular weight is 572 g/mol. The first-order chi connectivity index (χ1) is 20.7. The summed E-state index contributed by atoms with van der Waals surface area (Å²) in [6, 6.07) is 27.2. The summed E-state index contributed by atoms with van der Waals surface area (Å²) in [7, 11) is 0. The number of fused-ring (bicyclic) bond motifs is 2. The Morgan fingerprint density at radius 2 is 1.16 bits per heavy atom. The van der Waals surface area contributed by atoms with E-state index in [4.69, 9.17) is 4.74 Å². The smallest absolute Gasteiger partial charge is 0.251 e. The van der Waals surface area contributed by atoms with E-state index in [-0.39, 0.29) is 23.9 Å². The molecule has 3 aromatic carbocycles. The van der Waals surface area contributed by atoms with Crippen molar-refractivity contribution < 1.29 is 14.3 Å². The fourth-order valence-electron chi connectivity index (χ4n) is 4.96. The van der Waals surface area contributed by atoms with Gasteiger partial charge in [0.05, 0.1) is 0 Å². The van der Waals surface area contributed by atoms with Gasteiger partial charge in [0.2, 0.25) is 5.88 Å². The molecule has 43 heavy (non-hydrogen) atoms. The summed E-state index contributed by atoms with van der Waals surface area (Å²) in [4.78, 5) is 36.1. The maximum atomic E-state index is 12.4. The molecule has 0 saturated heterocycles. The van der Waals surface area contributed by atoms with Crippen LogP contribution in [0.2, 0.25) is 0 Å². The summed E-state index contributed by atoms with van der Waals surface area (Å²) >= 11 is 0. The van der Waals surface area contributed by atoms with Gasteiger partial charge in [0.15, 0.2) is 0 Å². The van der Waals surface area contributed by atoms with E-state index < -0.39 is 0 Å². The molecular weight excluding hydrogens is 538 g/mol. The van der Waals surface area contributed by atoms with E-state index in [1.54, 1.807) is 6.20 Å². The molecule has 0 bridgehead atoms. The Labute approximate surface area is 249 Å². The second-order valence-corrected chi connectivity index (χ2v) is 11.2. The van der Waals surface area contributed by atoms with E-state index in [0.29, 0.717) is 22.8 Å². The van der Waals surface area contributed by atoms with Crippen LogP contribution in [0.5, 0.6) is 11.6 Å².